The topological polar surface area (TPSA) is 41.1 Å². The summed E-state index contributed by atoms with van der Waals surface area (Å²) < 4.78 is 1.07. The first-order chi connectivity index (χ1) is 10.1. The second-order valence-corrected chi connectivity index (χ2v) is 5.77. The molecule has 2 aromatic rings. The molecule has 0 heterocycles. The van der Waals surface area contributed by atoms with Gasteiger partial charge in [-0.05, 0) is 49.7 Å². The van der Waals surface area contributed by atoms with Gasteiger partial charge in [0, 0.05) is 28.3 Å². The SMILES string of the molecule is CCNC(=O)c1cccc(NC(C)c2ccc(Br)cc2)c1. The molecule has 0 saturated heterocycles. The Morgan fingerprint density at radius 1 is 1.19 bits per heavy atom. The van der Waals surface area contributed by atoms with Gasteiger partial charge >= 0.3 is 0 Å². The minimum absolute atomic E-state index is 0.0440. The van der Waals surface area contributed by atoms with Crippen LogP contribution in [0.4, 0.5) is 5.69 Å². The highest BCUT2D eigenvalue weighted by molar-refractivity contribution is 9.10. The van der Waals surface area contributed by atoms with Crippen LogP contribution in [0.5, 0.6) is 0 Å². The number of nitrogens with one attached hydrogen (secondary N) is 2. The Balaban J connectivity index is 2.10. The van der Waals surface area contributed by atoms with E-state index in [9.17, 15) is 4.79 Å². The Labute approximate surface area is 133 Å². The first kappa shape index (κ1) is 15.6. The molecule has 0 aliphatic carbocycles. The average Bonchev–Trinajstić information content (AvgIpc) is 2.48. The summed E-state index contributed by atoms with van der Waals surface area (Å²) in [4.78, 5) is 11.8. The zero-order valence-corrected chi connectivity index (χ0v) is 13.8. The summed E-state index contributed by atoms with van der Waals surface area (Å²) in [7, 11) is 0. The summed E-state index contributed by atoms with van der Waals surface area (Å²) in [5, 5.41) is 6.23. The van der Waals surface area contributed by atoms with Crippen molar-refractivity contribution in [1.29, 1.82) is 0 Å². The summed E-state index contributed by atoms with van der Waals surface area (Å²) in [6, 6.07) is 15.9. The Morgan fingerprint density at radius 3 is 2.57 bits per heavy atom. The molecule has 0 radical (unpaired) electrons. The summed E-state index contributed by atoms with van der Waals surface area (Å²) in [6.07, 6.45) is 0. The number of carbonyl (C=O) groups excluding carboxylic acids is 1. The molecule has 2 N–H and O–H groups in total. The van der Waals surface area contributed by atoms with Crippen molar-refractivity contribution in [3.63, 3.8) is 0 Å². The number of hydrogen-bond acceptors (Lipinski definition) is 2. The number of rotatable bonds is 5. The molecule has 21 heavy (non-hydrogen) atoms. The highest BCUT2D eigenvalue weighted by Crippen LogP contribution is 2.21. The Morgan fingerprint density at radius 2 is 1.90 bits per heavy atom. The van der Waals surface area contributed by atoms with Crippen molar-refractivity contribution in [3.05, 3.63) is 64.1 Å². The smallest absolute Gasteiger partial charge is 0.251 e. The summed E-state index contributed by atoms with van der Waals surface area (Å²) in [6.45, 7) is 4.64. The van der Waals surface area contributed by atoms with Crippen LogP contribution in [0, 0.1) is 0 Å². The second-order valence-electron chi connectivity index (χ2n) is 4.86. The molecule has 110 valence electrons. The molecule has 1 unspecified atom stereocenters. The molecule has 0 aromatic heterocycles. The number of amides is 1. The van der Waals surface area contributed by atoms with Crippen molar-refractivity contribution in [2.24, 2.45) is 0 Å². The van der Waals surface area contributed by atoms with Gasteiger partial charge in [-0.25, -0.2) is 0 Å². The molecular formula is C17H19BrN2O. The fourth-order valence-electron chi connectivity index (χ4n) is 2.10. The predicted molar refractivity (Wildman–Crippen MR) is 90.6 cm³/mol. The molecule has 4 heteroatoms. The maximum atomic E-state index is 11.8. The predicted octanol–water partition coefficient (Wildman–Crippen LogP) is 4.37. The van der Waals surface area contributed by atoms with Gasteiger partial charge < -0.3 is 10.6 Å². The maximum Gasteiger partial charge on any atom is 0.251 e. The fraction of sp³-hybridized carbons (Fsp3) is 0.235. The van der Waals surface area contributed by atoms with Gasteiger partial charge in [0.05, 0.1) is 0 Å². The van der Waals surface area contributed by atoms with Crippen LogP contribution in [0.2, 0.25) is 0 Å². The van der Waals surface area contributed by atoms with Crippen molar-refractivity contribution in [3.8, 4) is 0 Å². The third kappa shape index (κ3) is 4.33. The van der Waals surface area contributed by atoms with Gasteiger partial charge in [-0.2, -0.15) is 0 Å². The molecule has 0 aliphatic rings. The van der Waals surface area contributed by atoms with Crippen molar-refractivity contribution >= 4 is 27.5 Å². The number of halogens is 1. The first-order valence-electron chi connectivity index (χ1n) is 7.00. The molecule has 0 saturated carbocycles. The minimum Gasteiger partial charge on any atom is -0.379 e. The van der Waals surface area contributed by atoms with Crippen LogP contribution in [0.3, 0.4) is 0 Å². The van der Waals surface area contributed by atoms with Gasteiger partial charge in [-0.3, -0.25) is 4.79 Å². The van der Waals surface area contributed by atoms with Crippen LogP contribution in [-0.2, 0) is 0 Å². The maximum absolute atomic E-state index is 11.8. The first-order valence-corrected chi connectivity index (χ1v) is 7.79. The number of hydrogen-bond donors (Lipinski definition) is 2. The minimum atomic E-state index is -0.0440. The van der Waals surface area contributed by atoms with Gasteiger partial charge in [0.25, 0.3) is 5.91 Å². The standard InChI is InChI=1S/C17H19BrN2O/c1-3-19-17(21)14-5-4-6-16(11-14)20-12(2)13-7-9-15(18)10-8-13/h4-12,20H,3H2,1-2H3,(H,19,21). The number of carbonyl (C=O) groups is 1. The summed E-state index contributed by atoms with van der Waals surface area (Å²) >= 11 is 3.44. The van der Waals surface area contributed by atoms with Crippen LogP contribution in [0.15, 0.2) is 53.0 Å². The van der Waals surface area contributed by atoms with Gasteiger partial charge in [-0.15, -0.1) is 0 Å². The Kier molecular flexibility index (Phi) is 5.39. The molecule has 0 aliphatic heterocycles. The Hall–Kier alpha value is -1.81. The van der Waals surface area contributed by atoms with Crippen LogP contribution in [-0.4, -0.2) is 12.5 Å². The van der Waals surface area contributed by atoms with Gasteiger partial charge in [0.15, 0.2) is 0 Å². The zero-order valence-electron chi connectivity index (χ0n) is 12.2. The number of benzene rings is 2. The van der Waals surface area contributed by atoms with Gasteiger partial charge in [0.1, 0.15) is 0 Å². The van der Waals surface area contributed by atoms with E-state index >= 15 is 0 Å². The summed E-state index contributed by atoms with van der Waals surface area (Å²) in [5.74, 6) is -0.0440. The van der Waals surface area contributed by atoms with Crippen molar-refractivity contribution in [1.82, 2.24) is 5.32 Å². The third-order valence-electron chi connectivity index (χ3n) is 3.22. The van der Waals surface area contributed by atoms with E-state index in [2.05, 4.69) is 45.6 Å². The molecular weight excluding hydrogens is 328 g/mol. The van der Waals surface area contributed by atoms with Crippen LogP contribution in [0.25, 0.3) is 0 Å². The van der Waals surface area contributed by atoms with Gasteiger partial charge in [0.2, 0.25) is 0 Å². The molecule has 0 spiro atoms. The molecule has 2 rings (SSSR count). The Bertz CT molecular complexity index is 610. The lowest BCUT2D eigenvalue weighted by Gasteiger charge is -2.16. The van der Waals surface area contributed by atoms with Crippen LogP contribution < -0.4 is 10.6 Å². The summed E-state index contributed by atoms with van der Waals surface area (Å²) in [5.41, 5.74) is 2.81. The lowest BCUT2D eigenvalue weighted by Crippen LogP contribution is -2.22. The van der Waals surface area contributed by atoms with Crippen molar-refractivity contribution < 1.29 is 4.79 Å². The van der Waals surface area contributed by atoms with Crippen molar-refractivity contribution in [2.75, 3.05) is 11.9 Å². The second kappa shape index (κ2) is 7.27. The molecule has 0 fully saturated rings. The van der Waals surface area contributed by atoms with E-state index in [1.807, 2.05) is 43.3 Å². The molecule has 1 amide bonds. The monoisotopic (exact) mass is 346 g/mol. The van der Waals surface area contributed by atoms with Crippen molar-refractivity contribution in [2.45, 2.75) is 19.9 Å². The van der Waals surface area contributed by atoms with Crippen LogP contribution >= 0.6 is 15.9 Å². The van der Waals surface area contributed by atoms with E-state index in [1.54, 1.807) is 0 Å². The largest absolute Gasteiger partial charge is 0.379 e. The van der Waals surface area contributed by atoms with E-state index in [4.69, 9.17) is 0 Å². The van der Waals surface area contributed by atoms with E-state index in [0.717, 1.165) is 10.2 Å². The molecule has 1 atom stereocenters. The van der Waals surface area contributed by atoms with E-state index < -0.39 is 0 Å². The normalized spacial score (nSPS) is 11.8. The third-order valence-corrected chi connectivity index (χ3v) is 3.74. The molecule has 2 aromatic carbocycles. The quantitative estimate of drug-likeness (QED) is 0.843. The average molecular weight is 347 g/mol. The van der Waals surface area contributed by atoms with E-state index in [-0.39, 0.29) is 11.9 Å². The lowest BCUT2D eigenvalue weighted by molar-refractivity contribution is 0.0956. The lowest BCUT2D eigenvalue weighted by atomic mass is 10.1. The van der Waals surface area contributed by atoms with E-state index in [1.165, 1.54) is 5.56 Å². The molecule has 0 bridgehead atoms. The van der Waals surface area contributed by atoms with Crippen LogP contribution in [0.1, 0.15) is 35.8 Å². The van der Waals surface area contributed by atoms with E-state index in [0.29, 0.717) is 12.1 Å². The fourth-order valence-corrected chi connectivity index (χ4v) is 2.36. The van der Waals surface area contributed by atoms with Gasteiger partial charge in [-0.1, -0.05) is 34.1 Å². The zero-order chi connectivity index (χ0) is 15.2. The highest BCUT2D eigenvalue weighted by Gasteiger charge is 2.08. The highest BCUT2D eigenvalue weighted by atomic mass is 79.9. The molecule has 3 nitrogen and oxygen atoms in total. The number of anilines is 1.